The normalized spacial score (nSPS) is 19.0. The number of anilines is 1. The third-order valence-corrected chi connectivity index (χ3v) is 4.73. The molecule has 122 valence electrons. The number of amides is 1. The fraction of sp³-hybridized carbons (Fsp3) is 0.600. The summed E-state index contributed by atoms with van der Waals surface area (Å²) in [7, 11) is 0. The molecule has 0 radical (unpaired) electrons. The molecule has 0 bridgehead atoms. The molecule has 1 N–H and O–H groups in total. The third kappa shape index (κ3) is 5.16. The molecule has 1 amide bonds. The maximum absolute atomic E-state index is 12.2. The first-order valence-corrected chi connectivity index (χ1v) is 9.40. The van der Waals surface area contributed by atoms with E-state index in [1.54, 1.807) is 4.90 Å². The SMILES string of the molecule is CC(C)(C)OC(=O)N1CCCC(Nc2cc(Br)ncc2[AsH2])C1. The van der Waals surface area contributed by atoms with Gasteiger partial charge in [0.2, 0.25) is 0 Å². The van der Waals surface area contributed by atoms with E-state index in [2.05, 4.69) is 26.2 Å². The Bertz CT molecular complexity index is 548. The van der Waals surface area contributed by atoms with E-state index in [4.69, 9.17) is 4.74 Å². The van der Waals surface area contributed by atoms with Crippen LogP contribution in [0.25, 0.3) is 0 Å². The van der Waals surface area contributed by atoms with E-state index in [1.165, 1.54) is 16.9 Å². The number of halogens is 1. The van der Waals surface area contributed by atoms with Crippen LogP contribution < -0.4 is 9.67 Å². The Morgan fingerprint density at radius 2 is 2.27 bits per heavy atom. The van der Waals surface area contributed by atoms with Gasteiger partial charge in [0.05, 0.1) is 0 Å². The number of pyridine rings is 1. The molecular weight excluding hydrogens is 409 g/mol. The third-order valence-electron chi connectivity index (χ3n) is 3.33. The summed E-state index contributed by atoms with van der Waals surface area (Å²) < 4.78 is 7.44. The van der Waals surface area contributed by atoms with Crippen molar-refractivity contribution in [2.75, 3.05) is 18.4 Å². The molecule has 2 atom stereocenters. The molecule has 2 unspecified atom stereocenters. The molecule has 1 fully saturated rings. The van der Waals surface area contributed by atoms with Gasteiger partial charge in [-0.05, 0) is 0 Å². The number of carbonyl (C=O) groups is 1. The zero-order valence-corrected chi connectivity index (χ0v) is 17.2. The van der Waals surface area contributed by atoms with Crippen LogP contribution in [0.1, 0.15) is 33.6 Å². The second kappa shape index (κ2) is 7.22. The van der Waals surface area contributed by atoms with Gasteiger partial charge >= 0.3 is 149 Å². The quantitative estimate of drug-likeness (QED) is 0.574. The van der Waals surface area contributed by atoms with Crippen LogP contribution in [0.3, 0.4) is 0 Å². The van der Waals surface area contributed by atoms with Crippen LogP contribution in [0, 0.1) is 0 Å². The number of nitrogens with one attached hydrogen (secondary N) is 1. The maximum atomic E-state index is 12.2. The van der Waals surface area contributed by atoms with Gasteiger partial charge in [-0.2, -0.15) is 0 Å². The van der Waals surface area contributed by atoms with Gasteiger partial charge in [-0.25, -0.2) is 0 Å². The molecule has 0 aromatic carbocycles. The first-order valence-electron chi connectivity index (χ1n) is 7.40. The fourth-order valence-electron chi connectivity index (χ4n) is 2.37. The topological polar surface area (TPSA) is 54.5 Å². The average molecular weight is 432 g/mol. The first-order chi connectivity index (χ1) is 10.2. The summed E-state index contributed by atoms with van der Waals surface area (Å²) in [6.45, 7) is 7.11. The molecule has 0 aliphatic carbocycles. The Balaban J connectivity index is 1.98. The number of aromatic nitrogens is 1. The Kier molecular flexibility index (Phi) is 5.78. The predicted octanol–water partition coefficient (Wildman–Crippen LogP) is 1.91. The summed E-state index contributed by atoms with van der Waals surface area (Å²) >= 11 is 4.94. The summed E-state index contributed by atoms with van der Waals surface area (Å²) in [5.41, 5.74) is 0.630. The molecule has 2 heterocycles. The van der Waals surface area contributed by atoms with Gasteiger partial charge in [0.25, 0.3) is 0 Å². The van der Waals surface area contributed by atoms with E-state index in [-0.39, 0.29) is 12.1 Å². The Hall–Kier alpha value is -0.742. The number of hydrogen-bond acceptors (Lipinski definition) is 4. The van der Waals surface area contributed by atoms with Crippen molar-refractivity contribution in [3.05, 3.63) is 16.9 Å². The second-order valence-electron chi connectivity index (χ2n) is 6.50. The zero-order chi connectivity index (χ0) is 16.3. The van der Waals surface area contributed by atoms with Gasteiger partial charge in [-0.1, -0.05) is 0 Å². The number of piperidine rings is 1. The van der Waals surface area contributed by atoms with Crippen molar-refractivity contribution in [1.29, 1.82) is 0 Å². The summed E-state index contributed by atoms with van der Waals surface area (Å²) in [6.07, 6.45) is 3.66. The van der Waals surface area contributed by atoms with E-state index in [0.29, 0.717) is 6.54 Å². The minimum absolute atomic E-state index is 0.226. The van der Waals surface area contributed by atoms with Crippen LogP contribution in [0.5, 0.6) is 0 Å². The summed E-state index contributed by atoms with van der Waals surface area (Å²) in [5.74, 6) is 0. The molecule has 5 nitrogen and oxygen atoms in total. The summed E-state index contributed by atoms with van der Waals surface area (Å²) in [4.78, 5) is 18.2. The van der Waals surface area contributed by atoms with Gasteiger partial charge in [-0.3, -0.25) is 0 Å². The Morgan fingerprint density at radius 3 is 2.95 bits per heavy atom. The molecule has 2 rings (SSSR count). The molecule has 0 saturated carbocycles. The van der Waals surface area contributed by atoms with Crippen molar-refractivity contribution < 1.29 is 9.53 Å². The number of carbonyl (C=O) groups excluding carboxylic acids is 1. The standard InChI is InChI=1S/C15H23AsBrN3O2/c1-15(2,3)22-14(21)20-6-4-5-10(9-20)19-12-7-13(17)18-8-11(12)16/h7-8,10H,4-6,9,16H2,1-3H3,(H,18,19). The van der Waals surface area contributed by atoms with Gasteiger partial charge in [0, 0.05) is 0 Å². The molecule has 1 aromatic rings. The number of rotatable bonds is 2. The monoisotopic (exact) mass is 431 g/mol. The number of ether oxygens (including phenoxy) is 1. The summed E-state index contributed by atoms with van der Waals surface area (Å²) in [6, 6.07) is 2.23. The Morgan fingerprint density at radius 1 is 1.55 bits per heavy atom. The molecule has 0 spiro atoms. The average Bonchev–Trinajstić information content (AvgIpc) is 2.41. The van der Waals surface area contributed by atoms with Gasteiger partial charge in [0.1, 0.15) is 0 Å². The molecule has 1 saturated heterocycles. The van der Waals surface area contributed by atoms with Crippen molar-refractivity contribution in [2.24, 2.45) is 0 Å². The van der Waals surface area contributed by atoms with Crippen molar-refractivity contribution in [3.8, 4) is 0 Å². The number of hydrogen-bond donors (Lipinski definition) is 1. The van der Waals surface area contributed by atoms with Gasteiger partial charge in [0.15, 0.2) is 0 Å². The fourth-order valence-corrected chi connectivity index (χ4v) is 3.21. The molecule has 1 aliphatic rings. The van der Waals surface area contributed by atoms with Crippen LogP contribution in [0.4, 0.5) is 10.5 Å². The zero-order valence-electron chi connectivity index (χ0n) is 13.2. The van der Waals surface area contributed by atoms with Crippen LogP contribution >= 0.6 is 15.9 Å². The van der Waals surface area contributed by atoms with E-state index >= 15 is 0 Å². The van der Waals surface area contributed by atoms with E-state index in [0.717, 1.165) is 34.0 Å². The molecular formula is C15H23AsBrN3O2. The van der Waals surface area contributed by atoms with Crippen molar-refractivity contribution in [2.45, 2.75) is 45.3 Å². The van der Waals surface area contributed by atoms with Crippen molar-refractivity contribution >= 4 is 48.9 Å². The molecule has 22 heavy (non-hydrogen) atoms. The van der Waals surface area contributed by atoms with Crippen LogP contribution in [0.15, 0.2) is 16.9 Å². The predicted molar refractivity (Wildman–Crippen MR) is 94.6 cm³/mol. The Labute approximate surface area is 148 Å². The molecule has 1 aliphatic heterocycles. The second-order valence-corrected chi connectivity index (χ2v) is 8.62. The minimum atomic E-state index is -0.452. The summed E-state index contributed by atoms with van der Waals surface area (Å²) in [5, 5.41) is 3.53. The number of likely N-dealkylation sites (tertiary alicyclic amines) is 1. The van der Waals surface area contributed by atoms with E-state index in [9.17, 15) is 4.79 Å². The molecule has 7 heteroatoms. The van der Waals surface area contributed by atoms with Crippen LogP contribution in [-0.4, -0.2) is 57.6 Å². The van der Waals surface area contributed by atoms with Crippen molar-refractivity contribution in [3.63, 3.8) is 0 Å². The first kappa shape index (κ1) is 17.6. The van der Waals surface area contributed by atoms with Crippen molar-refractivity contribution in [1.82, 2.24) is 9.88 Å². The molecule has 1 aromatic heterocycles. The van der Waals surface area contributed by atoms with Crippen LogP contribution in [0.2, 0.25) is 0 Å². The van der Waals surface area contributed by atoms with Crippen LogP contribution in [-0.2, 0) is 4.74 Å². The number of nitrogens with zero attached hydrogens (tertiary/aromatic N) is 2. The van der Waals surface area contributed by atoms with E-state index < -0.39 is 5.60 Å². The van der Waals surface area contributed by atoms with Gasteiger partial charge in [-0.15, -0.1) is 0 Å². The van der Waals surface area contributed by atoms with Gasteiger partial charge < -0.3 is 0 Å². The van der Waals surface area contributed by atoms with E-state index in [1.807, 2.05) is 33.0 Å².